The lowest BCUT2D eigenvalue weighted by Gasteiger charge is -2.19. The number of methoxy groups -OCH3 is 1. The Bertz CT molecular complexity index is 1370. The maximum atomic E-state index is 13.3. The molecule has 2 aromatic heterocycles. The fourth-order valence-electron chi connectivity index (χ4n) is 3.96. The van der Waals surface area contributed by atoms with Crippen molar-refractivity contribution >= 4 is 22.5 Å². The number of aromatic nitrogens is 3. The molecule has 33 heavy (non-hydrogen) atoms. The van der Waals surface area contributed by atoms with Gasteiger partial charge in [-0.25, -0.2) is 4.68 Å². The van der Waals surface area contributed by atoms with Crippen LogP contribution in [-0.2, 0) is 4.79 Å². The van der Waals surface area contributed by atoms with E-state index < -0.39 is 11.6 Å². The largest absolute Gasteiger partial charge is 0.497 e. The molecule has 0 saturated heterocycles. The molecule has 0 fully saturated rings. The summed E-state index contributed by atoms with van der Waals surface area (Å²) in [5, 5.41) is 12.1. The number of para-hydroxylation sites is 1. The number of rotatable bonds is 6. The van der Waals surface area contributed by atoms with E-state index in [1.165, 1.54) is 4.68 Å². The van der Waals surface area contributed by atoms with Crippen LogP contribution in [0.2, 0.25) is 0 Å². The quantitative estimate of drug-likeness (QED) is 0.466. The topological polar surface area (TPSA) is 99.2 Å². The molecule has 2 heterocycles. The van der Waals surface area contributed by atoms with Crippen LogP contribution < -0.4 is 15.6 Å². The zero-order chi connectivity index (χ0) is 23.7. The molecule has 0 aliphatic rings. The summed E-state index contributed by atoms with van der Waals surface area (Å²) < 4.78 is 11.8. The van der Waals surface area contributed by atoms with Crippen LogP contribution in [0.1, 0.15) is 36.3 Å². The van der Waals surface area contributed by atoms with Crippen LogP contribution in [0.5, 0.6) is 5.75 Å². The highest BCUT2D eigenvalue weighted by Gasteiger charge is 2.27. The Morgan fingerprint density at radius 3 is 2.39 bits per heavy atom. The lowest BCUT2D eigenvalue weighted by molar-refractivity contribution is -0.119. The molecule has 0 bridgehead atoms. The lowest BCUT2D eigenvalue weighted by Crippen LogP contribution is -2.35. The molecule has 0 saturated carbocycles. The second-order valence-corrected chi connectivity index (χ2v) is 7.97. The van der Waals surface area contributed by atoms with Gasteiger partial charge in [0, 0.05) is 11.3 Å². The Kier molecular flexibility index (Phi) is 6.00. The number of carbonyl (C=O) groups excluding carboxylic acids is 1. The van der Waals surface area contributed by atoms with E-state index in [1.54, 1.807) is 14.0 Å². The maximum Gasteiger partial charge on any atom is 0.297 e. The predicted molar refractivity (Wildman–Crippen MR) is 127 cm³/mol. The second-order valence-electron chi connectivity index (χ2n) is 7.97. The summed E-state index contributed by atoms with van der Waals surface area (Å²) in [4.78, 5) is 26.6. The first-order chi connectivity index (χ1) is 15.8. The summed E-state index contributed by atoms with van der Waals surface area (Å²) in [5.74, 6) is 0.870. The van der Waals surface area contributed by atoms with Gasteiger partial charge in [-0.1, -0.05) is 30.3 Å². The van der Waals surface area contributed by atoms with Gasteiger partial charge in [0.2, 0.25) is 5.91 Å². The second kappa shape index (κ2) is 8.90. The summed E-state index contributed by atoms with van der Waals surface area (Å²) in [6.07, 6.45) is 0.369. The zero-order valence-corrected chi connectivity index (χ0v) is 19.3. The van der Waals surface area contributed by atoms with Gasteiger partial charge in [-0.3, -0.25) is 9.59 Å². The Morgan fingerprint density at radius 1 is 1.12 bits per heavy atom. The number of benzene rings is 2. The number of aryl methyl sites for hydroxylation is 3. The van der Waals surface area contributed by atoms with E-state index in [1.807, 2.05) is 63.2 Å². The summed E-state index contributed by atoms with van der Waals surface area (Å²) >= 11 is 0. The van der Waals surface area contributed by atoms with Crippen LogP contribution in [-0.4, -0.2) is 28.0 Å². The molecule has 0 aliphatic heterocycles. The summed E-state index contributed by atoms with van der Waals surface area (Å²) in [6.45, 7) is 7.44. The molecule has 8 heteroatoms. The van der Waals surface area contributed by atoms with Crippen molar-refractivity contribution in [1.82, 2.24) is 14.9 Å². The Morgan fingerprint density at radius 2 is 1.79 bits per heavy atom. The van der Waals surface area contributed by atoms with E-state index in [-0.39, 0.29) is 11.4 Å². The highest BCUT2D eigenvalue weighted by Crippen LogP contribution is 2.30. The van der Waals surface area contributed by atoms with Gasteiger partial charge in [0.1, 0.15) is 23.2 Å². The van der Waals surface area contributed by atoms with Gasteiger partial charge >= 0.3 is 0 Å². The third-order valence-corrected chi connectivity index (χ3v) is 5.80. The van der Waals surface area contributed by atoms with Gasteiger partial charge < -0.3 is 14.6 Å². The number of hydrogen-bond acceptors (Lipinski definition) is 6. The van der Waals surface area contributed by atoms with Crippen molar-refractivity contribution in [3.05, 3.63) is 69.7 Å². The summed E-state index contributed by atoms with van der Waals surface area (Å²) in [7, 11) is 1.59. The molecule has 8 nitrogen and oxygen atoms in total. The van der Waals surface area contributed by atoms with E-state index in [9.17, 15) is 9.59 Å². The van der Waals surface area contributed by atoms with E-state index in [0.717, 1.165) is 22.4 Å². The number of hydrogen-bond donors (Lipinski definition) is 1. The number of anilines is 1. The molecule has 1 N–H and O–H groups in total. The maximum absolute atomic E-state index is 13.3. The van der Waals surface area contributed by atoms with Gasteiger partial charge in [0.25, 0.3) is 5.56 Å². The normalized spacial score (nSPS) is 12.0. The minimum Gasteiger partial charge on any atom is -0.497 e. The van der Waals surface area contributed by atoms with Gasteiger partial charge in [-0.2, -0.15) is 5.10 Å². The first-order valence-electron chi connectivity index (χ1n) is 10.8. The number of fused-ring (bicyclic) bond motifs is 1. The standard InChI is InChI=1S/C25H26N4O4/c1-6-19(24(30)26-21-14(2)8-7-9-15(21)3)29-25(31)23-20(16(4)33-28-23)22(27-29)17-10-12-18(32-5)13-11-17/h7-13,19H,6H2,1-5H3,(H,26,30)/t19-/m1/s1. The average molecular weight is 447 g/mol. The highest BCUT2D eigenvalue weighted by atomic mass is 16.5. The Hall–Kier alpha value is -3.94. The van der Waals surface area contributed by atoms with Crippen molar-refractivity contribution in [3.63, 3.8) is 0 Å². The molecule has 2 aromatic carbocycles. The third-order valence-electron chi connectivity index (χ3n) is 5.80. The van der Waals surface area contributed by atoms with Gasteiger partial charge in [-0.15, -0.1) is 0 Å². The van der Waals surface area contributed by atoms with E-state index in [2.05, 4.69) is 15.6 Å². The number of nitrogens with zero attached hydrogens (tertiary/aromatic N) is 3. The van der Waals surface area contributed by atoms with E-state index in [4.69, 9.17) is 9.26 Å². The van der Waals surface area contributed by atoms with Crippen LogP contribution in [0.3, 0.4) is 0 Å². The number of ether oxygens (including phenoxy) is 1. The summed E-state index contributed by atoms with van der Waals surface area (Å²) in [5.41, 5.74) is 3.58. The molecule has 0 spiro atoms. The van der Waals surface area contributed by atoms with Crippen molar-refractivity contribution in [1.29, 1.82) is 0 Å². The fraction of sp³-hybridized carbons (Fsp3) is 0.280. The fourth-order valence-corrected chi connectivity index (χ4v) is 3.96. The minimum atomic E-state index is -0.824. The number of amides is 1. The highest BCUT2D eigenvalue weighted by molar-refractivity contribution is 5.96. The Labute approximate surface area is 191 Å². The van der Waals surface area contributed by atoms with Crippen molar-refractivity contribution < 1.29 is 14.1 Å². The van der Waals surface area contributed by atoms with Crippen LogP contribution in [0.4, 0.5) is 5.69 Å². The minimum absolute atomic E-state index is 0.145. The molecular weight excluding hydrogens is 420 g/mol. The van der Waals surface area contributed by atoms with Gasteiger partial charge in [0.05, 0.1) is 12.5 Å². The van der Waals surface area contributed by atoms with Crippen LogP contribution in [0.25, 0.3) is 22.2 Å². The molecule has 4 rings (SSSR count). The SMILES string of the molecule is CC[C@H](C(=O)Nc1c(C)cccc1C)n1nc(-c2ccc(OC)cc2)c2c(C)onc2c1=O. The van der Waals surface area contributed by atoms with Gasteiger partial charge in [0.15, 0.2) is 5.52 Å². The van der Waals surface area contributed by atoms with Gasteiger partial charge in [-0.05, 0) is 62.6 Å². The van der Waals surface area contributed by atoms with Crippen LogP contribution >= 0.6 is 0 Å². The molecule has 1 atom stereocenters. The molecular formula is C25H26N4O4. The molecule has 0 aliphatic carbocycles. The predicted octanol–water partition coefficient (Wildman–Crippen LogP) is 4.58. The van der Waals surface area contributed by atoms with Crippen molar-refractivity contribution in [3.8, 4) is 17.0 Å². The van der Waals surface area contributed by atoms with Crippen molar-refractivity contribution in [2.24, 2.45) is 0 Å². The van der Waals surface area contributed by atoms with Crippen molar-refractivity contribution in [2.45, 2.75) is 40.2 Å². The summed E-state index contributed by atoms with van der Waals surface area (Å²) in [6, 6.07) is 12.3. The zero-order valence-electron chi connectivity index (χ0n) is 19.3. The average Bonchev–Trinajstić information content (AvgIpc) is 3.20. The van der Waals surface area contributed by atoms with Crippen LogP contribution in [0, 0.1) is 20.8 Å². The van der Waals surface area contributed by atoms with Crippen LogP contribution in [0.15, 0.2) is 51.8 Å². The molecule has 170 valence electrons. The van der Waals surface area contributed by atoms with Crippen molar-refractivity contribution in [2.75, 3.05) is 12.4 Å². The molecule has 0 radical (unpaired) electrons. The monoisotopic (exact) mass is 446 g/mol. The first kappa shape index (κ1) is 22.3. The molecule has 0 unspecified atom stereocenters. The molecule has 4 aromatic rings. The first-order valence-corrected chi connectivity index (χ1v) is 10.8. The molecule has 1 amide bonds. The number of carbonyl (C=O) groups is 1. The smallest absolute Gasteiger partial charge is 0.297 e. The Balaban J connectivity index is 1.84. The van der Waals surface area contributed by atoms with E-state index in [0.29, 0.717) is 29.0 Å². The number of nitrogens with one attached hydrogen (secondary N) is 1. The lowest BCUT2D eigenvalue weighted by atomic mass is 10.1. The third kappa shape index (κ3) is 4.00. The van der Waals surface area contributed by atoms with E-state index >= 15 is 0 Å².